The predicted molar refractivity (Wildman–Crippen MR) is 74.1 cm³/mol. The van der Waals surface area contributed by atoms with Gasteiger partial charge in [0.05, 0.1) is 13.0 Å². The second-order valence-electron chi connectivity index (χ2n) is 3.85. The fourth-order valence-corrected chi connectivity index (χ4v) is 1.70. The van der Waals surface area contributed by atoms with Crippen molar-refractivity contribution in [3.63, 3.8) is 0 Å². The summed E-state index contributed by atoms with van der Waals surface area (Å²) in [5.74, 6) is 0.143. The zero-order valence-corrected chi connectivity index (χ0v) is 11.8. The summed E-state index contributed by atoms with van der Waals surface area (Å²) in [5.41, 5.74) is 0.808. The Bertz CT molecular complexity index is 371. The lowest BCUT2D eigenvalue weighted by molar-refractivity contribution is -0.120. The number of hydrogen-bond acceptors (Lipinski definition) is 3. The number of phenolic OH excluding ortho intramolecular Hbond substituents is 1. The van der Waals surface area contributed by atoms with Gasteiger partial charge < -0.3 is 15.2 Å². The maximum atomic E-state index is 11.6. The van der Waals surface area contributed by atoms with Crippen molar-refractivity contribution in [2.24, 2.45) is 0 Å². The summed E-state index contributed by atoms with van der Waals surface area (Å²) >= 11 is 3.27. The van der Waals surface area contributed by atoms with Gasteiger partial charge in [-0.3, -0.25) is 4.79 Å². The molecule has 1 rings (SSSR count). The molecule has 0 fully saturated rings. The van der Waals surface area contributed by atoms with Crippen molar-refractivity contribution in [3.8, 4) is 5.75 Å². The van der Waals surface area contributed by atoms with Crippen LogP contribution in [-0.2, 0) is 16.0 Å². The molecule has 0 aliphatic carbocycles. The van der Waals surface area contributed by atoms with E-state index in [9.17, 15) is 9.90 Å². The molecule has 1 aromatic rings. The van der Waals surface area contributed by atoms with Crippen LogP contribution in [0.25, 0.3) is 0 Å². The van der Waals surface area contributed by atoms with Gasteiger partial charge in [-0.05, 0) is 24.1 Å². The zero-order chi connectivity index (χ0) is 13.2. The van der Waals surface area contributed by atoms with Gasteiger partial charge in [0.2, 0.25) is 5.91 Å². The van der Waals surface area contributed by atoms with E-state index in [2.05, 4.69) is 21.2 Å². The van der Waals surface area contributed by atoms with Crippen LogP contribution in [0.2, 0.25) is 0 Å². The van der Waals surface area contributed by atoms with E-state index >= 15 is 0 Å². The highest BCUT2D eigenvalue weighted by molar-refractivity contribution is 9.09. The molecule has 0 saturated heterocycles. The molecule has 2 N–H and O–H groups in total. The molecule has 0 atom stereocenters. The number of amides is 1. The molecular formula is C13H18BrNO3. The average Bonchev–Trinajstić information content (AvgIpc) is 2.33. The van der Waals surface area contributed by atoms with Crippen LogP contribution in [0.15, 0.2) is 24.3 Å². The lowest BCUT2D eigenvalue weighted by Gasteiger charge is -2.06. The molecule has 1 amide bonds. The van der Waals surface area contributed by atoms with Gasteiger partial charge in [-0.15, -0.1) is 0 Å². The molecule has 0 unspecified atom stereocenters. The van der Waals surface area contributed by atoms with E-state index in [0.717, 1.165) is 17.3 Å². The van der Waals surface area contributed by atoms with E-state index in [1.54, 1.807) is 18.2 Å². The molecular weight excluding hydrogens is 298 g/mol. The first-order valence-corrected chi connectivity index (χ1v) is 7.03. The summed E-state index contributed by atoms with van der Waals surface area (Å²) in [5, 5.41) is 12.9. The van der Waals surface area contributed by atoms with Crippen LogP contribution in [0.1, 0.15) is 12.0 Å². The van der Waals surface area contributed by atoms with E-state index in [4.69, 9.17) is 4.74 Å². The first-order valence-electron chi connectivity index (χ1n) is 5.90. The normalized spacial score (nSPS) is 10.3. The number of carbonyl (C=O) groups is 1. The predicted octanol–water partition coefficient (Wildman–Crippen LogP) is 1.85. The number of phenols is 1. The molecule has 4 nitrogen and oxygen atoms in total. The Morgan fingerprint density at radius 2 is 2.22 bits per heavy atom. The second-order valence-corrected chi connectivity index (χ2v) is 4.64. The van der Waals surface area contributed by atoms with Gasteiger partial charge in [0.15, 0.2) is 0 Å². The lowest BCUT2D eigenvalue weighted by atomic mass is 10.1. The summed E-state index contributed by atoms with van der Waals surface area (Å²) in [4.78, 5) is 11.6. The molecule has 0 radical (unpaired) electrons. The monoisotopic (exact) mass is 315 g/mol. The molecule has 0 aliphatic heterocycles. The third-order valence-electron chi connectivity index (χ3n) is 2.28. The van der Waals surface area contributed by atoms with Crippen molar-refractivity contribution in [1.82, 2.24) is 5.32 Å². The molecule has 0 aromatic heterocycles. The highest BCUT2D eigenvalue weighted by Crippen LogP contribution is 2.11. The molecule has 0 spiro atoms. The Kier molecular flexibility index (Phi) is 7.44. The fourth-order valence-electron chi connectivity index (χ4n) is 1.47. The largest absolute Gasteiger partial charge is 0.508 e. The van der Waals surface area contributed by atoms with Gasteiger partial charge >= 0.3 is 0 Å². The van der Waals surface area contributed by atoms with E-state index in [1.807, 2.05) is 6.07 Å². The number of benzene rings is 1. The number of hydrogen-bond donors (Lipinski definition) is 2. The Morgan fingerprint density at radius 3 is 2.94 bits per heavy atom. The Hall–Kier alpha value is -1.07. The number of alkyl halides is 1. The number of carbonyl (C=O) groups excluding carboxylic acids is 1. The van der Waals surface area contributed by atoms with E-state index < -0.39 is 0 Å². The Morgan fingerprint density at radius 1 is 1.39 bits per heavy atom. The van der Waals surface area contributed by atoms with Gasteiger partial charge in [-0.1, -0.05) is 28.1 Å². The van der Waals surface area contributed by atoms with Crippen LogP contribution in [0.5, 0.6) is 5.75 Å². The van der Waals surface area contributed by atoms with Gasteiger partial charge in [-0.2, -0.15) is 0 Å². The maximum Gasteiger partial charge on any atom is 0.224 e. The SMILES string of the molecule is O=C(Cc1cccc(O)c1)NCCCOCCBr. The van der Waals surface area contributed by atoms with Gasteiger partial charge in [0, 0.05) is 18.5 Å². The first kappa shape index (κ1) is 15.0. The summed E-state index contributed by atoms with van der Waals surface area (Å²) in [6, 6.07) is 6.73. The van der Waals surface area contributed by atoms with Crippen LogP contribution in [0.4, 0.5) is 0 Å². The molecule has 0 aliphatic rings. The molecule has 0 saturated carbocycles. The van der Waals surface area contributed by atoms with Crippen molar-refractivity contribution < 1.29 is 14.6 Å². The highest BCUT2D eigenvalue weighted by atomic mass is 79.9. The van der Waals surface area contributed by atoms with Gasteiger partial charge in [0.25, 0.3) is 0 Å². The van der Waals surface area contributed by atoms with Crippen LogP contribution in [0.3, 0.4) is 0 Å². The minimum absolute atomic E-state index is 0.0407. The van der Waals surface area contributed by atoms with E-state index in [1.165, 1.54) is 0 Å². The molecule has 0 heterocycles. The number of ether oxygens (including phenoxy) is 1. The standard InChI is InChI=1S/C13H18BrNO3/c14-5-8-18-7-2-6-15-13(17)10-11-3-1-4-12(16)9-11/h1,3-4,9,16H,2,5-8,10H2,(H,15,17). The number of nitrogens with one attached hydrogen (secondary N) is 1. The smallest absolute Gasteiger partial charge is 0.224 e. The number of rotatable bonds is 8. The summed E-state index contributed by atoms with van der Waals surface area (Å²) in [7, 11) is 0. The topological polar surface area (TPSA) is 58.6 Å². The van der Waals surface area contributed by atoms with Crippen LogP contribution in [-0.4, -0.2) is 36.1 Å². The highest BCUT2D eigenvalue weighted by Gasteiger charge is 2.03. The summed E-state index contributed by atoms with van der Waals surface area (Å²) in [6.45, 7) is 1.95. The average molecular weight is 316 g/mol. The maximum absolute atomic E-state index is 11.6. The van der Waals surface area contributed by atoms with E-state index in [0.29, 0.717) is 19.8 Å². The van der Waals surface area contributed by atoms with E-state index in [-0.39, 0.29) is 18.1 Å². The summed E-state index contributed by atoms with van der Waals surface area (Å²) < 4.78 is 5.27. The quantitative estimate of drug-likeness (QED) is 0.568. The van der Waals surface area contributed by atoms with Crippen LogP contribution >= 0.6 is 15.9 Å². The third-order valence-corrected chi connectivity index (χ3v) is 2.61. The van der Waals surface area contributed by atoms with Crippen molar-refractivity contribution in [2.75, 3.05) is 25.1 Å². The molecule has 18 heavy (non-hydrogen) atoms. The Labute approximate surface area is 115 Å². The number of halogens is 1. The fraction of sp³-hybridized carbons (Fsp3) is 0.462. The molecule has 1 aromatic carbocycles. The van der Waals surface area contributed by atoms with Crippen molar-refractivity contribution in [3.05, 3.63) is 29.8 Å². The van der Waals surface area contributed by atoms with Gasteiger partial charge in [-0.25, -0.2) is 0 Å². The third kappa shape index (κ3) is 6.61. The zero-order valence-electron chi connectivity index (χ0n) is 10.2. The summed E-state index contributed by atoms with van der Waals surface area (Å²) in [6.07, 6.45) is 1.09. The minimum Gasteiger partial charge on any atom is -0.508 e. The Balaban J connectivity index is 2.14. The molecule has 5 heteroatoms. The minimum atomic E-state index is -0.0407. The molecule has 0 bridgehead atoms. The lowest BCUT2D eigenvalue weighted by Crippen LogP contribution is -2.26. The van der Waals surface area contributed by atoms with Crippen molar-refractivity contribution >= 4 is 21.8 Å². The van der Waals surface area contributed by atoms with Crippen molar-refractivity contribution in [1.29, 1.82) is 0 Å². The van der Waals surface area contributed by atoms with Gasteiger partial charge in [0.1, 0.15) is 5.75 Å². The van der Waals surface area contributed by atoms with Crippen LogP contribution < -0.4 is 5.32 Å². The number of aromatic hydroxyl groups is 1. The first-order chi connectivity index (χ1) is 8.72. The second kappa shape index (κ2) is 8.94. The van der Waals surface area contributed by atoms with Crippen LogP contribution in [0, 0.1) is 0 Å². The van der Waals surface area contributed by atoms with Crippen molar-refractivity contribution in [2.45, 2.75) is 12.8 Å². The molecule has 100 valence electrons.